The quantitative estimate of drug-likeness (QED) is 0.696. The van der Waals surface area contributed by atoms with Gasteiger partial charge in [0, 0.05) is 50.6 Å². The summed E-state index contributed by atoms with van der Waals surface area (Å²) in [6.07, 6.45) is 13.0. The van der Waals surface area contributed by atoms with Crippen molar-refractivity contribution in [2.75, 3.05) is 36.5 Å². The monoisotopic (exact) mass is 412 g/mol. The molecule has 0 unspecified atom stereocenters. The van der Waals surface area contributed by atoms with E-state index in [1.807, 2.05) is 36.0 Å². The largest absolute Gasteiger partial charge is 0.496 e. The van der Waals surface area contributed by atoms with Crippen LogP contribution in [0.5, 0.6) is 0 Å². The van der Waals surface area contributed by atoms with Gasteiger partial charge in [0.1, 0.15) is 17.3 Å². The lowest BCUT2D eigenvalue weighted by Crippen LogP contribution is -2.38. The number of carbonyl (C=O) groups excluding carboxylic acids is 1. The van der Waals surface area contributed by atoms with Gasteiger partial charge in [0.25, 0.3) is 0 Å². The van der Waals surface area contributed by atoms with E-state index in [0.29, 0.717) is 37.7 Å². The first-order valence-electron chi connectivity index (χ1n) is 11.1. The molecular formula is C23H32N4O3. The van der Waals surface area contributed by atoms with Gasteiger partial charge in [0.2, 0.25) is 11.3 Å². The van der Waals surface area contributed by atoms with Gasteiger partial charge in [0.15, 0.2) is 0 Å². The van der Waals surface area contributed by atoms with E-state index in [1.165, 1.54) is 19.3 Å². The Morgan fingerprint density at radius 1 is 1.30 bits per heavy atom. The number of nitrogens with zero attached hydrogens (tertiary/aromatic N) is 3. The van der Waals surface area contributed by atoms with Crippen molar-refractivity contribution in [1.82, 2.24) is 9.88 Å². The van der Waals surface area contributed by atoms with E-state index < -0.39 is 0 Å². The predicted octanol–water partition coefficient (Wildman–Crippen LogP) is 3.35. The summed E-state index contributed by atoms with van der Waals surface area (Å²) in [7, 11) is 1.95. The number of amides is 1. The molecule has 3 aliphatic rings. The molecule has 30 heavy (non-hydrogen) atoms. The van der Waals surface area contributed by atoms with Gasteiger partial charge in [-0.25, -0.2) is 0 Å². The highest BCUT2D eigenvalue weighted by molar-refractivity contribution is 5.77. The summed E-state index contributed by atoms with van der Waals surface area (Å²) in [6, 6.07) is 1.97. The zero-order valence-corrected chi connectivity index (χ0v) is 18.0. The number of fused-ring (bicyclic) bond motifs is 3. The lowest BCUT2D eigenvalue weighted by atomic mass is 9.94. The summed E-state index contributed by atoms with van der Waals surface area (Å²) >= 11 is 0. The molecule has 0 radical (unpaired) electrons. The minimum atomic E-state index is 0.0101. The molecule has 1 aliphatic carbocycles. The Kier molecular flexibility index (Phi) is 6.16. The van der Waals surface area contributed by atoms with Crippen molar-refractivity contribution in [3.8, 4) is 0 Å². The first kappa shape index (κ1) is 20.6. The van der Waals surface area contributed by atoms with Crippen molar-refractivity contribution >= 4 is 17.4 Å². The Morgan fingerprint density at radius 2 is 2.10 bits per heavy atom. The molecule has 0 bridgehead atoms. The summed E-state index contributed by atoms with van der Waals surface area (Å²) in [5.41, 5.74) is 1.69. The van der Waals surface area contributed by atoms with Gasteiger partial charge in [-0.15, -0.1) is 0 Å². The normalized spacial score (nSPS) is 18.5. The molecular weight excluding hydrogens is 380 g/mol. The van der Waals surface area contributed by atoms with E-state index in [0.717, 1.165) is 36.7 Å². The number of rotatable bonds is 7. The summed E-state index contributed by atoms with van der Waals surface area (Å²) in [5, 5.41) is 0. The average Bonchev–Trinajstić information content (AvgIpc) is 3.19. The third-order valence-corrected chi connectivity index (χ3v) is 6.37. The molecule has 1 N–H and O–H groups in total. The van der Waals surface area contributed by atoms with Crippen LogP contribution in [0.25, 0.3) is 0 Å². The molecule has 0 atom stereocenters. The number of ether oxygens (including phenoxy) is 1. The summed E-state index contributed by atoms with van der Waals surface area (Å²) in [6.45, 7) is 3.86. The minimum absolute atomic E-state index is 0.0101. The van der Waals surface area contributed by atoms with Crippen LogP contribution in [0.4, 0.5) is 11.5 Å². The molecule has 1 saturated carbocycles. The van der Waals surface area contributed by atoms with Crippen LogP contribution < -0.4 is 15.2 Å². The zero-order valence-electron chi connectivity index (χ0n) is 18.0. The summed E-state index contributed by atoms with van der Waals surface area (Å²) in [4.78, 5) is 34.0. The van der Waals surface area contributed by atoms with Crippen LogP contribution in [0.1, 0.15) is 51.9 Å². The molecule has 2 aliphatic heterocycles. The van der Waals surface area contributed by atoms with Crippen molar-refractivity contribution in [2.45, 2.75) is 57.9 Å². The summed E-state index contributed by atoms with van der Waals surface area (Å²) in [5.74, 6) is 1.89. The first-order valence-corrected chi connectivity index (χ1v) is 11.1. The van der Waals surface area contributed by atoms with Crippen LogP contribution in [-0.4, -0.2) is 48.6 Å². The van der Waals surface area contributed by atoms with Crippen LogP contribution in [0, 0.1) is 0 Å². The molecule has 1 aromatic rings. The van der Waals surface area contributed by atoms with E-state index in [9.17, 15) is 9.59 Å². The predicted molar refractivity (Wildman–Crippen MR) is 118 cm³/mol. The third-order valence-electron chi connectivity index (χ3n) is 6.37. The number of pyridine rings is 1. The SMILES string of the molecule is CCN1C=C2C=C(OCCCC(=O)N(C)C3CCCCC3)CN2c2[nH]ccc(=O)c21. The van der Waals surface area contributed by atoms with Crippen molar-refractivity contribution < 1.29 is 9.53 Å². The topological polar surface area (TPSA) is 68.9 Å². The number of H-pyrrole nitrogens is 1. The molecule has 0 aromatic carbocycles. The fourth-order valence-corrected chi connectivity index (χ4v) is 4.63. The maximum Gasteiger partial charge on any atom is 0.222 e. The number of allylic oxidation sites excluding steroid dienone is 1. The molecule has 1 fully saturated rings. The molecule has 7 heteroatoms. The standard InChI is InChI=1S/C23H32N4O3/c1-3-26-15-18-14-19(16-27(18)23-22(26)20(28)11-12-24-23)30-13-7-10-21(29)25(2)17-8-5-4-6-9-17/h11-12,14-15,17H,3-10,13,16H2,1-2H3,(H,24,28). The zero-order chi connectivity index (χ0) is 21.1. The van der Waals surface area contributed by atoms with Gasteiger partial charge in [0.05, 0.1) is 18.8 Å². The second kappa shape index (κ2) is 8.98. The van der Waals surface area contributed by atoms with Crippen LogP contribution in [0.3, 0.4) is 0 Å². The molecule has 0 saturated heterocycles. The van der Waals surface area contributed by atoms with Gasteiger partial charge in [-0.1, -0.05) is 19.3 Å². The van der Waals surface area contributed by atoms with E-state index >= 15 is 0 Å². The Bertz CT molecular complexity index is 898. The highest BCUT2D eigenvalue weighted by atomic mass is 16.5. The van der Waals surface area contributed by atoms with Gasteiger partial charge in [-0.3, -0.25) is 9.59 Å². The number of aromatic nitrogens is 1. The van der Waals surface area contributed by atoms with Crippen LogP contribution in [-0.2, 0) is 9.53 Å². The first-order chi connectivity index (χ1) is 14.6. The van der Waals surface area contributed by atoms with Crippen molar-refractivity contribution in [3.05, 3.63) is 46.2 Å². The maximum atomic E-state index is 12.5. The number of nitrogens with one attached hydrogen (secondary N) is 1. The molecule has 3 heterocycles. The van der Waals surface area contributed by atoms with E-state index in [4.69, 9.17) is 4.74 Å². The van der Waals surface area contributed by atoms with Gasteiger partial charge in [-0.2, -0.15) is 0 Å². The molecule has 1 aromatic heterocycles. The average molecular weight is 413 g/mol. The molecule has 162 valence electrons. The Hall–Kier alpha value is -2.70. The van der Waals surface area contributed by atoms with E-state index in [2.05, 4.69) is 9.88 Å². The van der Waals surface area contributed by atoms with E-state index in [-0.39, 0.29) is 11.3 Å². The molecule has 4 rings (SSSR count). The number of aromatic amines is 1. The molecule has 0 spiro atoms. The Balaban J connectivity index is 1.30. The fourth-order valence-electron chi connectivity index (χ4n) is 4.63. The number of anilines is 2. The van der Waals surface area contributed by atoms with Crippen molar-refractivity contribution in [3.63, 3.8) is 0 Å². The van der Waals surface area contributed by atoms with Gasteiger partial charge >= 0.3 is 0 Å². The minimum Gasteiger partial charge on any atom is -0.496 e. The third kappa shape index (κ3) is 4.11. The highest BCUT2D eigenvalue weighted by Crippen LogP contribution is 2.36. The number of hydrogen-bond donors (Lipinski definition) is 1. The van der Waals surface area contributed by atoms with Crippen molar-refractivity contribution in [1.29, 1.82) is 0 Å². The second-order valence-corrected chi connectivity index (χ2v) is 8.32. The maximum absolute atomic E-state index is 12.5. The van der Waals surface area contributed by atoms with Gasteiger partial charge < -0.3 is 24.4 Å². The fraction of sp³-hybridized carbons (Fsp3) is 0.565. The second-order valence-electron chi connectivity index (χ2n) is 8.32. The molecule has 7 nitrogen and oxygen atoms in total. The highest BCUT2D eigenvalue weighted by Gasteiger charge is 2.30. The molecule has 1 amide bonds. The van der Waals surface area contributed by atoms with Crippen LogP contribution >= 0.6 is 0 Å². The van der Waals surface area contributed by atoms with Gasteiger partial charge in [-0.05, 0) is 26.2 Å². The summed E-state index contributed by atoms with van der Waals surface area (Å²) < 4.78 is 5.98. The van der Waals surface area contributed by atoms with E-state index in [1.54, 1.807) is 12.3 Å². The van der Waals surface area contributed by atoms with Crippen molar-refractivity contribution in [2.24, 2.45) is 0 Å². The van der Waals surface area contributed by atoms with Crippen LogP contribution in [0.15, 0.2) is 40.8 Å². The number of carbonyl (C=O) groups is 1. The smallest absolute Gasteiger partial charge is 0.222 e. The Labute approximate surface area is 178 Å². The number of hydrogen-bond acceptors (Lipinski definition) is 5. The lowest BCUT2D eigenvalue weighted by molar-refractivity contribution is -0.132. The Morgan fingerprint density at radius 3 is 2.87 bits per heavy atom. The van der Waals surface area contributed by atoms with Crippen LogP contribution in [0.2, 0.25) is 0 Å². The lowest BCUT2D eigenvalue weighted by Gasteiger charge is -2.32.